The van der Waals surface area contributed by atoms with E-state index in [4.69, 9.17) is 0 Å². The number of aliphatic hydroxyl groups is 1. The van der Waals surface area contributed by atoms with E-state index in [0.717, 1.165) is 43.4 Å². The van der Waals surface area contributed by atoms with E-state index in [1.165, 1.54) is 38.3 Å². The number of rotatable bonds is 5. The summed E-state index contributed by atoms with van der Waals surface area (Å²) in [6.45, 7) is 11.2. The minimum atomic E-state index is -0.141. The Balaban J connectivity index is 1.04. The Kier molecular flexibility index (Phi) is 7.80. The Morgan fingerprint density at radius 3 is 2.68 bits per heavy atom. The molecule has 4 aliphatic carbocycles. The lowest BCUT2D eigenvalue weighted by molar-refractivity contribution is -0.135. The van der Waals surface area contributed by atoms with Gasteiger partial charge in [0.25, 0.3) is 5.91 Å². The van der Waals surface area contributed by atoms with Gasteiger partial charge < -0.3 is 14.9 Å². The molecule has 0 bridgehead atoms. The van der Waals surface area contributed by atoms with Crippen LogP contribution in [-0.4, -0.2) is 68.5 Å². The van der Waals surface area contributed by atoms with Crippen molar-refractivity contribution in [1.82, 2.24) is 19.8 Å². The first-order valence-electron chi connectivity index (χ1n) is 16.3. The average Bonchev–Trinajstić information content (AvgIpc) is 3.33. The number of aromatic nitrogens is 2. The first-order valence-corrected chi connectivity index (χ1v) is 16.3. The summed E-state index contributed by atoms with van der Waals surface area (Å²) >= 11 is 0. The molecule has 1 aromatic heterocycles. The van der Waals surface area contributed by atoms with Gasteiger partial charge in [0.05, 0.1) is 12.3 Å². The second-order valence-electron chi connectivity index (χ2n) is 14.7. The third-order valence-electron chi connectivity index (χ3n) is 12.7. The van der Waals surface area contributed by atoms with Crippen LogP contribution in [0, 0.1) is 40.4 Å². The van der Waals surface area contributed by atoms with Gasteiger partial charge in [-0.3, -0.25) is 14.6 Å². The molecule has 7 nitrogen and oxygen atoms in total. The Bertz CT molecular complexity index is 1170. The number of carbonyl (C=O) groups excluding carboxylic acids is 2. The van der Waals surface area contributed by atoms with Crippen molar-refractivity contribution in [3.8, 4) is 0 Å². The highest BCUT2D eigenvalue weighted by atomic mass is 16.3. The highest BCUT2D eigenvalue weighted by molar-refractivity contribution is 5.92. The molecule has 2 heterocycles. The predicted molar refractivity (Wildman–Crippen MR) is 159 cm³/mol. The molecule has 5 aliphatic rings. The number of aliphatic hydroxyl groups excluding tert-OH is 1. The van der Waals surface area contributed by atoms with Crippen molar-refractivity contribution in [1.29, 1.82) is 0 Å². The zero-order valence-corrected chi connectivity index (χ0v) is 25.6. The second-order valence-corrected chi connectivity index (χ2v) is 14.7. The standard InChI is InChI=1S/C34H50N4O3/c1-22(5-10-31(40)38-18-17-37(21-23(38)2)32(41)30-20-35-15-16-36-30)27-8-9-28-26-7-6-24-19-25(39)11-13-33(24,3)29(26)12-14-34(27,28)4/h6,15-16,20,22-23,25-29,39H,5,7-14,17-19,21H2,1-4H3/t22-,23+,25+,26+,27-,28+,29+,33+,34-/m1/s1. The number of fused-ring (bicyclic) bond motifs is 5. The number of piperazine rings is 1. The smallest absolute Gasteiger partial charge is 0.274 e. The summed E-state index contributed by atoms with van der Waals surface area (Å²) in [6, 6.07) is 0.00217. The van der Waals surface area contributed by atoms with Gasteiger partial charge in [0.1, 0.15) is 5.69 Å². The van der Waals surface area contributed by atoms with Gasteiger partial charge in [0.15, 0.2) is 0 Å². The number of hydrogen-bond acceptors (Lipinski definition) is 5. The summed E-state index contributed by atoms with van der Waals surface area (Å²) in [6.07, 6.45) is 18.0. The molecule has 1 N–H and O–H groups in total. The molecule has 1 aliphatic heterocycles. The monoisotopic (exact) mass is 562 g/mol. The first-order chi connectivity index (χ1) is 19.6. The van der Waals surface area contributed by atoms with Gasteiger partial charge in [-0.05, 0) is 105 Å². The summed E-state index contributed by atoms with van der Waals surface area (Å²) in [5, 5.41) is 10.3. The van der Waals surface area contributed by atoms with Gasteiger partial charge in [0, 0.05) is 44.5 Å². The van der Waals surface area contributed by atoms with Crippen LogP contribution >= 0.6 is 0 Å². The van der Waals surface area contributed by atoms with Crippen molar-refractivity contribution in [3.63, 3.8) is 0 Å². The quantitative estimate of drug-likeness (QED) is 0.479. The van der Waals surface area contributed by atoms with E-state index in [1.54, 1.807) is 22.9 Å². The third-order valence-corrected chi connectivity index (χ3v) is 12.7. The van der Waals surface area contributed by atoms with Gasteiger partial charge in [0.2, 0.25) is 5.91 Å². The predicted octanol–water partition coefficient (Wildman–Crippen LogP) is 5.51. The zero-order valence-electron chi connectivity index (χ0n) is 25.6. The van der Waals surface area contributed by atoms with Crippen LogP contribution in [0.5, 0.6) is 0 Å². The van der Waals surface area contributed by atoms with E-state index in [1.807, 2.05) is 4.90 Å². The number of carbonyl (C=O) groups is 2. The average molecular weight is 563 g/mol. The highest BCUT2D eigenvalue weighted by Gasteiger charge is 2.59. The lowest BCUT2D eigenvalue weighted by Gasteiger charge is -2.58. The van der Waals surface area contributed by atoms with Crippen LogP contribution in [0.3, 0.4) is 0 Å². The van der Waals surface area contributed by atoms with Crippen molar-refractivity contribution >= 4 is 11.8 Å². The van der Waals surface area contributed by atoms with Crippen LogP contribution in [0.4, 0.5) is 0 Å². The Morgan fingerprint density at radius 2 is 1.93 bits per heavy atom. The van der Waals surface area contributed by atoms with Gasteiger partial charge >= 0.3 is 0 Å². The molecule has 2 amide bonds. The molecule has 1 saturated heterocycles. The Morgan fingerprint density at radius 1 is 1.10 bits per heavy atom. The molecular weight excluding hydrogens is 512 g/mol. The van der Waals surface area contributed by atoms with Crippen LogP contribution in [-0.2, 0) is 4.79 Å². The zero-order chi connectivity index (χ0) is 28.9. The molecule has 1 aromatic rings. The van der Waals surface area contributed by atoms with Crippen LogP contribution in [0.25, 0.3) is 0 Å². The maximum atomic E-state index is 13.4. The van der Waals surface area contributed by atoms with Crippen LogP contribution in [0.1, 0.15) is 102 Å². The second kappa shape index (κ2) is 11.1. The number of amides is 2. The Labute approximate surface area is 246 Å². The fraction of sp³-hybridized carbons (Fsp3) is 0.765. The van der Waals surface area contributed by atoms with Crippen molar-refractivity contribution in [2.24, 2.45) is 40.4 Å². The molecule has 6 rings (SSSR count). The third kappa shape index (κ3) is 5.04. The molecule has 224 valence electrons. The maximum absolute atomic E-state index is 13.4. The molecule has 7 heteroatoms. The van der Waals surface area contributed by atoms with Crippen molar-refractivity contribution < 1.29 is 14.7 Å². The van der Waals surface area contributed by atoms with Crippen molar-refractivity contribution in [2.75, 3.05) is 19.6 Å². The fourth-order valence-corrected chi connectivity index (χ4v) is 10.4. The van der Waals surface area contributed by atoms with E-state index in [0.29, 0.717) is 54.4 Å². The van der Waals surface area contributed by atoms with Crippen LogP contribution < -0.4 is 0 Å². The van der Waals surface area contributed by atoms with E-state index in [-0.39, 0.29) is 24.0 Å². The fourth-order valence-electron chi connectivity index (χ4n) is 10.4. The van der Waals surface area contributed by atoms with Crippen molar-refractivity contribution in [3.05, 3.63) is 35.9 Å². The molecule has 41 heavy (non-hydrogen) atoms. The minimum absolute atomic E-state index is 0.00217. The van der Waals surface area contributed by atoms with E-state index < -0.39 is 0 Å². The SMILES string of the molecule is C[C@H](CCC(=O)N1CCN(C(=O)c2cnccn2)C[C@@H]1C)[C@H]1CC[C@H]2[C@@H]3CC=C4C[C@@H](O)CC[C@]4(C)[C@H]3CC[C@]12C. The molecule has 3 saturated carbocycles. The molecule has 9 atom stereocenters. The topological polar surface area (TPSA) is 86.6 Å². The highest BCUT2D eigenvalue weighted by Crippen LogP contribution is 2.67. The number of allylic oxidation sites excluding steroid dienone is 1. The molecule has 0 spiro atoms. The lowest BCUT2D eigenvalue weighted by atomic mass is 9.47. The summed E-state index contributed by atoms with van der Waals surface area (Å²) in [4.78, 5) is 38.2. The van der Waals surface area contributed by atoms with E-state index in [2.05, 4.69) is 43.7 Å². The normalized spacial score (nSPS) is 39.3. The minimum Gasteiger partial charge on any atom is -0.393 e. The summed E-state index contributed by atoms with van der Waals surface area (Å²) in [5.41, 5.74) is 2.58. The number of hydrogen-bond donors (Lipinski definition) is 1. The van der Waals surface area contributed by atoms with Crippen LogP contribution in [0.15, 0.2) is 30.2 Å². The number of nitrogens with zero attached hydrogens (tertiary/aromatic N) is 4. The molecule has 0 unspecified atom stereocenters. The summed E-state index contributed by atoms with van der Waals surface area (Å²) < 4.78 is 0. The molecule has 0 aromatic carbocycles. The van der Waals surface area contributed by atoms with Gasteiger partial charge in [-0.2, -0.15) is 0 Å². The van der Waals surface area contributed by atoms with Crippen LogP contribution in [0.2, 0.25) is 0 Å². The first kappa shape index (κ1) is 28.8. The molecule has 4 fully saturated rings. The van der Waals surface area contributed by atoms with Gasteiger partial charge in [-0.25, -0.2) is 4.98 Å². The molecule has 0 radical (unpaired) electrons. The molecular formula is C34H50N4O3. The van der Waals surface area contributed by atoms with E-state index >= 15 is 0 Å². The maximum Gasteiger partial charge on any atom is 0.274 e. The van der Waals surface area contributed by atoms with Gasteiger partial charge in [-0.1, -0.05) is 32.4 Å². The van der Waals surface area contributed by atoms with Gasteiger partial charge in [-0.15, -0.1) is 0 Å². The largest absolute Gasteiger partial charge is 0.393 e. The summed E-state index contributed by atoms with van der Waals surface area (Å²) in [5.74, 6) is 3.68. The lowest BCUT2D eigenvalue weighted by Crippen LogP contribution is -2.55. The summed E-state index contributed by atoms with van der Waals surface area (Å²) in [7, 11) is 0. The van der Waals surface area contributed by atoms with Crippen molar-refractivity contribution in [2.45, 2.75) is 104 Å². The van der Waals surface area contributed by atoms with E-state index in [9.17, 15) is 14.7 Å². The Hall–Kier alpha value is -2.28.